The van der Waals surface area contributed by atoms with Gasteiger partial charge in [-0.25, -0.2) is 0 Å². The van der Waals surface area contributed by atoms with Gasteiger partial charge in [0.25, 0.3) is 0 Å². The molecule has 2 amide bonds. The van der Waals surface area contributed by atoms with Crippen molar-refractivity contribution in [2.75, 3.05) is 6.54 Å². The molecule has 0 spiro atoms. The SMILES string of the molecule is C=CCCN1C(=O)C(C)(C)NC(=O)C1C(C)C. The number of carbonyl (C=O) groups is 2. The highest BCUT2D eigenvalue weighted by Crippen LogP contribution is 2.22. The highest BCUT2D eigenvalue weighted by Gasteiger charge is 2.45. The molecule has 17 heavy (non-hydrogen) atoms. The van der Waals surface area contributed by atoms with E-state index in [1.54, 1.807) is 24.8 Å². The van der Waals surface area contributed by atoms with E-state index in [2.05, 4.69) is 11.9 Å². The van der Waals surface area contributed by atoms with Gasteiger partial charge in [-0.3, -0.25) is 9.59 Å². The molecule has 0 bridgehead atoms. The first-order valence-electron chi connectivity index (χ1n) is 6.05. The molecule has 1 aliphatic rings. The standard InChI is InChI=1S/C13H22N2O2/c1-6-7-8-15-10(9(2)3)11(16)14-13(4,5)12(15)17/h6,9-10H,1,7-8H2,2-5H3,(H,14,16). The van der Waals surface area contributed by atoms with Crippen molar-refractivity contribution in [2.45, 2.75) is 45.7 Å². The van der Waals surface area contributed by atoms with Gasteiger partial charge in [-0.1, -0.05) is 19.9 Å². The molecule has 4 heteroatoms. The molecule has 0 aromatic heterocycles. The van der Waals surface area contributed by atoms with Crippen LogP contribution in [0.15, 0.2) is 12.7 Å². The highest BCUT2D eigenvalue weighted by atomic mass is 16.2. The second kappa shape index (κ2) is 4.90. The lowest BCUT2D eigenvalue weighted by Gasteiger charge is -2.44. The third-order valence-electron chi connectivity index (χ3n) is 3.04. The van der Waals surface area contributed by atoms with Crippen LogP contribution in [0.3, 0.4) is 0 Å². The summed E-state index contributed by atoms with van der Waals surface area (Å²) in [6.07, 6.45) is 2.47. The van der Waals surface area contributed by atoms with Crippen LogP contribution in [-0.4, -0.2) is 34.8 Å². The Hall–Kier alpha value is -1.32. The van der Waals surface area contributed by atoms with Crippen molar-refractivity contribution in [3.63, 3.8) is 0 Å². The van der Waals surface area contributed by atoms with E-state index in [4.69, 9.17) is 0 Å². The summed E-state index contributed by atoms with van der Waals surface area (Å²) in [4.78, 5) is 26.0. The molecule has 1 atom stereocenters. The Kier molecular flexibility index (Phi) is 3.96. The van der Waals surface area contributed by atoms with Gasteiger partial charge >= 0.3 is 0 Å². The molecule has 4 nitrogen and oxygen atoms in total. The summed E-state index contributed by atoms with van der Waals surface area (Å²) in [6.45, 7) is 11.6. The molecule has 1 heterocycles. The Bertz CT molecular complexity index is 334. The first kappa shape index (κ1) is 13.7. The number of hydrogen-bond acceptors (Lipinski definition) is 2. The van der Waals surface area contributed by atoms with Gasteiger partial charge in [-0.15, -0.1) is 6.58 Å². The van der Waals surface area contributed by atoms with Crippen LogP contribution in [0.25, 0.3) is 0 Å². The lowest BCUT2D eigenvalue weighted by atomic mass is 9.91. The number of piperazine rings is 1. The monoisotopic (exact) mass is 238 g/mol. The fraction of sp³-hybridized carbons (Fsp3) is 0.692. The second-order valence-electron chi connectivity index (χ2n) is 5.38. The van der Waals surface area contributed by atoms with E-state index in [0.29, 0.717) is 13.0 Å². The molecule has 0 aliphatic carbocycles. The van der Waals surface area contributed by atoms with Gasteiger partial charge in [-0.2, -0.15) is 0 Å². The van der Waals surface area contributed by atoms with Crippen LogP contribution in [0.2, 0.25) is 0 Å². The molecule has 0 aromatic rings. The van der Waals surface area contributed by atoms with Crippen molar-refractivity contribution in [1.29, 1.82) is 0 Å². The number of hydrogen-bond donors (Lipinski definition) is 1. The molecule has 0 saturated carbocycles. The van der Waals surface area contributed by atoms with Crippen molar-refractivity contribution < 1.29 is 9.59 Å². The van der Waals surface area contributed by atoms with Crippen LogP contribution in [0.4, 0.5) is 0 Å². The van der Waals surface area contributed by atoms with Crippen LogP contribution in [0.1, 0.15) is 34.1 Å². The number of rotatable bonds is 4. The molecule has 1 fully saturated rings. The Labute approximate surface area is 103 Å². The van der Waals surface area contributed by atoms with E-state index >= 15 is 0 Å². The molecule has 1 unspecified atom stereocenters. The molecule has 0 aromatic carbocycles. The molecular weight excluding hydrogens is 216 g/mol. The first-order chi connectivity index (χ1) is 7.81. The summed E-state index contributed by atoms with van der Waals surface area (Å²) in [6, 6.07) is -0.365. The highest BCUT2D eigenvalue weighted by molar-refractivity contribution is 5.99. The largest absolute Gasteiger partial charge is 0.340 e. The zero-order chi connectivity index (χ0) is 13.2. The molecule has 0 radical (unpaired) electrons. The topological polar surface area (TPSA) is 49.4 Å². The van der Waals surface area contributed by atoms with Crippen molar-refractivity contribution in [2.24, 2.45) is 5.92 Å². The fourth-order valence-electron chi connectivity index (χ4n) is 2.20. The van der Waals surface area contributed by atoms with Gasteiger partial charge in [0.15, 0.2) is 0 Å². The maximum Gasteiger partial charge on any atom is 0.248 e. The molecular formula is C13H22N2O2. The van der Waals surface area contributed by atoms with E-state index < -0.39 is 5.54 Å². The van der Waals surface area contributed by atoms with Gasteiger partial charge in [0.05, 0.1) is 0 Å². The molecule has 1 saturated heterocycles. The van der Waals surface area contributed by atoms with Gasteiger partial charge in [0, 0.05) is 6.54 Å². The number of carbonyl (C=O) groups excluding carboxylic acids is 2. The van der Waals surface area contributed by atoms with Crippen LogP contribution in [0, 0.1) is 5.92 Å². The van der Waals surface area contributed by atoms with Crippen LogP contribution in [-0.2, 0) is 9.59 Å². The third-order valence-corrected chi connectivity index (χ3v) is 3.04. The first-order valence-corrected chi connectivity index (χ1v) is 6.05. The van der Waals surface area contributed by atoms with Gasteiger partial charge < -0.3 is 10.2 Å². The Morgan fingerprint density at radius 3 is 2.53 bits per heavy atom. The van der Waals surface area contributed by atoms with Gasteiger partial charge in [0.1, 0.15) is 11.6 Å². The summed E-state index contributed by atoms with van der Waals surface area (Å²) in [5.41, 5.74) is -0.802. The Morgan fingerprint density at radius 2 is 2.06 bits per heavy atom. The van der Waals surface area contributed by atoms with E-state index in [9.17, 15) is 9.59 Å². The van der Waals surface area contributed by atoms with Gasteiger partial charge in [0.2, 0.25) is 11.8 Å². The maximum atomic E-state index is 12.3. The summed E-state index contributed by atoms with van der Waals surface area (Å²) in [5, 5.41) is 2.79. The zero-order valence-corrected chi connectivity index (χ0v) is 11.1. The minimum Gasteiger partial charge on any atom is -0.340 e. The van der Waals surface area contributed by atoms with E-state index in [-0.39, 0.29) is 23.8 Å². The normalized spacial score (nSPS) is 23.8. The smallest absolute Gasteiger partial charge is 0.248 e. The lowest BCUT2D eigenvalue weighted by molar-refractivity contribution is -0.155. The van der Waals surface area contributed by atoms with Gasteiger partial charge in [-0.05, 0) is 26.2 Å². The predicted octanol–water partition coefficient (Wildman–Crippen LogP) is 1.32. The molecule has 96 valence electrons. The van der Waals surface area contributed by atoms with E-state index in [1.165, 1.54) is 0 Å². The summed E-state index contributed by atoms with van der Waals surface area (Å²) >= 11 is 0. The Balaban J connectivity index is 2.99. The van der Waals surface area contributed by atoms with Crippen molar-refractivity contribution >= 4 is 11.8 Å². The van der Waals surface area contributed by atoms with E-state index in [0.717, 1.165) is 0 Å². The predicted molar refractivity (Wildman–Crippen MR) is 67.4 cm³/mol. The minimum atomic E-state index is -0.802. The molecule has 1 aliphatic heterocycles. The zero-order valence-electron chi connectivity index (χ0n) is 11.1. The average molecular weight is 238 g/mol. The number of nitrogens with zero attached hydrogens (tertiary/aromatic N) is 1. The second-order valence-corrected chi connectivity index (χ2v) is 5.38. The Morgan fingerprint density at radius 1 is 1.47 bits per heavy atom. The minimum absolute atomic E-state index is 0.0161. The third kappa shape index (κ3) is 2.68. The summed E-state index contributed by atoms with van der Waals surface area (Å²) in [5.74, 6) is 0.0335. The number of nitrogens with one attached hydrogen (secondary N) is 1. The van der Waals surface area contributed by atoms with Crippen LogP contribution in [0.5, 0.6) is 0 Å². The summed E-state index contributed by atoms with van der Waals surface area (Å²) in [7, 11) is 0. The lowest BCUT2D eigenvalue weighted by Crippen LogP contribution is -2.69. The van der Waals surface area contributed by atoms with Crippen molar-refractivity contribution in [3.05, 3.63) is 12.7 Å². The van der Waals surface area contributed by atoms with E-state index in [1.807, 2.05) is 13.8 Å². The van der Waals surface area contributed by atoms with Crippen molar-refractivity contribution in [3.8, 4) is 0 Å². The maximum absolute atomic E-state index is 12.3. The summed E-state index contributed by atoms with van der Waals surface area (Å²) < 4.78 is 0. The number of amides is 2. The fourth-order valence-corrected chi connectivity index (χ4v) is 2.20. The quantitative estimate of drug-likeness (QED) is 0.751. The molecule has 1 rings (SSSR count). The van der Waals surface area contributed by atoms with Crippen LogP contribution < -0.4 is 5.32 Å². The van der Waals surface area contributed by atoms with Crippen LogP contribution >= 0.6 is 0 Å². The average Bonchev–Trinajstić information content (AvgIpc) is 2.19. The van der Waals surface area contributed by atoms with Crippen molar-refractivity contribution in [1.82, 2.24) is 10.2 Å². The molecule has 1 N–H and O–H groups in total.